The highest BCUT2D eigenvalue weighted by atomic mass is 31.2. The van der Waals surface area contributed by atoms with Gasteiger partial charge in [0.1, 0.15) is 5.60 Å². The highest BCUT2D eigenvalue weighted by molar-refractivity contribution is 7.43. The molecule has 1 N–H and O–H groups in total. The van der Waals surface area contributed by atoms with Gasteiger partial charge in [-0.1, -0.05) is 43.2 Å². The molecule has 3 rings (SSSR count). The van der Waals surface area contributed by atoms with Crippen molar-refractivity contribution in [1.82, 2.24) is 4.67 Å². The summed E-state index contributed by atoms with van der Waals surface area (Å²) in [7, 11) is 0.563. The first-order valence-electron chi connectivity index (χ1n) is 6.20. The lowest BCUT2D eigenvalue weighted by atomic mass is 9.76. The van der Waals surface area contributed by atoms with E-state index in [2.05, 4.69) is 24.3 Å². The Bertz CT molecular complexity index is 400. The van der Waals surface area contributed by atoms with Crippen molar-refractivity contribution >= 4 is 8.53 Å². The zero-order chi connectivity index (χ0) is 11.9. The molecule has 1 saturated heterocycles. The summed E-state index contributed by atoms with van der Waals surface area (Å²) >= 11 is 0. The molecule has 1 aromatic rings. The van der Waals surface area contributed by atoms with Crippen molar-refractivity contribution in [2.45, 2.75) is 37.3 Å². The number of rotatable bonds is 1. The minimum absolute atomic E-state index is 0.269. The minimum Gasteiger partial charge on any atom is -0.338 e. The van der Waals surface area contributed by atoms with Gasteiger partial charge in [0.15, 0.2) is 0 Å². The second-order valence-corrected chi connectivity index (χ2v) is 6.25. The lowest BCUT2D eigenvalue weighted by Crippen LogP contribution is -2.44. The molecule has 0 aromatic heterocycles. The maximum absolute atomic E-state index is 10.0. The summed E-state index contributed by atoms with van der Waals surface area (Å²) in [6.45, 7) is 0. The first-order valence-corrected chi connectivity index (χ1v) is 7.37. The van der Waals surface area contributed by atoms with E-state index in [0.717, 1.165) is 12.8 Å². The maximum Gasteiger partial charge on any atom is 0.256 e. The number of hydrogen-bond acceptors (Lipinski definition) is 3. The molecule has 3 nitrogen and oxygen atoms in total. The van der Waals surface area contributed by atoms with Crippen LogP contribution in [0.4, 0.5) is 0 Å². The van der Waals surface area contributed by atoms with Crippen LogP contribution in [0.2, 0.25) is 0 Å². The molecule has 2 fully saturated rings. The Morgan fingerprint density at radius 3 is 2.88 bits per heavy atom. The molecule has 1 aliphatic heterocycles. The van der Waals surface area contributed by atoms with Gasteiger partial charge in [-0.3, -0.25) is 0 Å². The molecular formula is C13H18NO2P. The monoisotopic (exact) mass is 251 g/mol. The Morgan fingerprint density at radius 1 is 1.35 bits per heavy atom. The standard InChI is InChI=1S/C13H18NO2P/c1-14-12-9-5-6-10-13(12,16-17(14)15)11-7-3-2-4-8-11/h2-4,7-8,12,15H,5-6,9-10H2,1H3/t12?,13-,17?/m0/s1. The summed E-state index contributed by atoms with van der Waals surface area (Å²) in [6.07, 6.45) is 4.55. The van der Waals surface area contributed by atoms with Crippen molar-refractivity contribution in [3.63, 3.8) is 0 Å². The molecule has 0 radical (unpaired) electrons. The van der Waals surface area contributed by atoms with Gasteiger partial charge >= 0.3 is 0 Å². The zero-order valence-electron chi connectivity index (χ0n) is 10.0. The molecular weight excluding hydrogens is 233 g/mol. The van der Waals surface area contributed by atoms with E-state index in [1.807, 2.05) is 17.8 Å². The predicted molar refractivity (Wildman–Crippen MR) is 68.4 cm³/mol. The summed E-state index contributed by atoms with van der Waals surface area (Å²) in [5.41, 5.74) is 0.949. The molecule has 17 heavy (non-hydrogen) atoms. The predicted octanol–water partition coefficient (Wildman–Crippen LogP) is 3.01. The van der Waals surface area contributed by atoms with Gasteiger partial charge in [0.05, 0.1) is 6.04 Å². The van der Waals surface area contributed by atoms with Crippen molar-refractivity contribution in [1.29, 1.82) is 0 Å². The summed E-state index contributed by atoms with van der Waals surface area (Å²) in [5.74, 6) is 0. The molecule has 4 heteroatoms. The summed E-state index contributed by atoms with van der Waals surface area (Å²) in [5, 5.41) is 0. The molecule has 1 aliphatic carbocycles. The molecule has 92 valence electrons. The molecule has 0 amide bonds. The SMILES string of the molecule is CN1C2CCCC[C@@]2(c2ccccc2)OP1O. The Kier molecular flexibility index (Phi) is 2.95. The first-order chi connectivity index (χ1) is 8.24. The lowest BCUT2D eigenvalue weighted by molar-refractivity contribution is 0.0224. The highest BCUT2D eigenvalue weighted by Gasteiger charge is 2.54. The van der Waals surface area contributed by atoms with Crippen LogP contribution in [0.25, 0.3) is 0 Å². The van der Waals surface area contributed by atoms with Crippen LogP contribution in [0.15, 0.2) is 30.3 Å². The number of benzene rings is 1. The van der Waals surface area contributed by atoms with E-state index in [9.17, 15) is 4.89 Å². The Labute approximate surface area is 103 Å². The van der Waals surface area contributed by atoms with Crippen LogP contribution in [-0.2, 0) is 10.1 Å². The number of likely N-dealkylation sites (N-methyl/N-ethyl adjacent to an activating group) is 1. The molecule has 1 saturated carbocycles. The second-order valence-electron chi connectivity index (χ2n) is 4.93. The normalized spacial score (nSPS) is 38.0. The van der Waals surface area contributed by atoms with E-state index >= 15 is 0 Å². The van der Waals surface area contributed by atoms with Crippen molar-refractivity contribution < 1.29 is 9.42 Å². The van der Waals surface area contributed by atoms with Gasteiger partial charge in [-0.2, -0.15) is 0 Å². The molecule has 0 bridgehead atoms. The van der Waals surface area contributed by atoms with E-state index in [1.54, 1.807) is 0 Å². The van der Waals surface area contributed by atoms with Crippen LogP contribution in [-0.4, -0.2) is 22.7 Å². The molecule has 1 aromatic carbocycles. The molecule has 3 atom stereocenters. The molecule has 2 unspecified atom stereocenters. The quantitative estimate of drug-likeness (QED) is 0.779. The zero-order valence-corrected chi connectivity index (χ0v) is 10.9. The highest BCUT2D eigenvalue weighted by Crippen LogP contribution is 2.60. The second kappa shape index (κ2) is 4.33. The smallest absolute Gasteiger partial charge is 0.256 e. The van der Waals surface area contributed by atoms with E-state index in [-0.39, 0.29) is 5.60 Å². The fourth-order valence-electron chi connectivity index (χ4n) is 3.16. The average molecular weight is 251 g/mol. The van der Waals surface area contributed by atoms with Gasteiger partial charge in [0, 0.05) is 0 Å². The van der Waals surface area contributed by atoms with Gasteiger partial charge < -0.3 is 9.42 Å². The summed E-state index contributed by atoms with van der Waals surface area (Å²) in [6, 6.07) is 10.7. The van der Waals surface area contributed by atoms with Crippen LogP contribution in [0.3, 0.4) is 0 Å². The van der Waals surface area contributed by atoms with Crippen LogP contribution in [0, 0.1) is 0 Å². The van der Waals surface area contributed by atoms with E-state index in [4.69, 9.17) is 4.52 Å². The van der Waals surface area contributed by atoms with Gasteiger partial charge in [-0.15, -0.1) is 0 Å². The molecule has 1 heterocycles. The van der Waals surface area contributed by atoms with Crippen molar-refractivity contribution in [2.24, 2.45) is 0 Å². The van der Waals surface area contributed by atoms with Crippen molar-refractivity contribution in [3.8, 4) is 0 Å². The minimum atomic E-state index is -1.42. The Balaban J connectivity index is 2.03. The van der Waals surface area contributed by atoms with Crippen LogP contribution >= 0.6 is 8.53 Å². The summed E-state index contributed by atoms with van der Waals surface area (Å²) < 4.78 is 8.03. The van der Waals surface area contributed by atoms with Crippen LogP contribution < -0.4 is 0 Å². The largest absolute Gasteiger partial charge is 0.338 e. The van der Waals surface area contributed by atoms with Gasteiger partial charge in [-0.25, -0.2) is 4.67 Å². The number of hydrogen-bond donors (Lipinski definition) is 1. The van der Waals surface area contributed by atoms with Crippen LogP contribution in [0.5, 0.6) is 0 Å². The third-order valence-corrected chi connectivity index (χ3v) is 5.35. The third kappa shape index (κ3) is 1.73. The fourth-order valence-corrected chi connectivity index (χ4v) is 4.44. The van der Waals surface area contributed by atoms with Gasteiger partial charge in [0.2, 0.25) is 0 Å². The van der Waals surface area contributed by atoms with E-state index in [1.165, 1.54) is 18.4 Å². The number of nitrogens with zero attached hydrogens (tertiary/aromatic N) is 1. The Hall–Kier alpha value is -0.470. The third-order valence-electron chi connectivity index (χ3n) is 4.04. The fraction of sp³-hybridized carbons (Fsp3) is 0.538. The van der Waals surface area contributed by atoms with Crippen molar-refractivity contribution in [3.05, 3.63) is 35.9 Å². The van der Waals surface area contributed by atoms with E-state index < -0.39 is 8.53 Å². The van der Waals surface area contributed by atoms with Crippen molar-refractivity contribution in [2.75, 3.05) is 7.05 Å². The lowest BCUT2D eigenvalue weighted by Gasteiger charge is -2.38. The van der Waals surface area contributed by atoms with E-state index in [0.29, 0.717) is 6.04 Å². The van der Waals surface area contributed by atoms with Gasteiger partial charge in [0.25, 0.3) is 8.53 Å². The average Bonchev–Trinajstić information content (AvgIpc) is 2.64. The number of fused-ring (bicyclic) bond motifs is 1. The summed E-state index contributed by atoms with van der Waals surface area (Å²) in [4.78, 5) is 10.0. The topological polar surface area (TPSA) is 32.7 Å². The molecule has 2 aliphatic rings. The van der Waals surface area contributed by atoms with Gasteiger partial charge in [-0.05, 0) is 25.5 Å². The first kappa shape index (κ1) is 11.6. The Morgan fingerprint density at radius 2 is 2.12 bits per heavy atom. The molecule has 0 spiro atoms. The maximum atomic E-state index is 10.0. The van der Waals surface area contributed by atoms with Crippen LogP contribution in [0.1, 0.15) is 31.2 Å².